The van der Waals surface area contributed by atoms with E-state index in [1.54, 1.807) is 23.5 Å². The van der Waals surface area contributed by atoms with Crippen molar-refractivity contribution in [2.45, 2.75) is 18.1 Å². The van der Waals surface area contributed by atoms with Crippen molar-refractivity contribution in [3.05, 3.63) is 29.8 Å². The Morgan fingerprint density at radius 2 is 2.28 bits per heavy atom. The van der Waals surface area contributed by atoms with Crippen LogP contribution in [0.2, 0.25) is 0 Å². The van der Waals surface area contributed by atoms with Crippen molar-refractivity contribution in [3.8, 4) is 0 Å². The Bertz CT molecular complexity index is 502. The molecule has 94 valence electrons. The fourth-order valence-electron chi connectivity index (χ4n) is 2.11. The van der Waals surface area contributed by atoms with Gasteiger partial charge in [-0.15, -0.1) is 0 Å². The highest BCUT2D eigenvalue weighted by molar-refractivity contribution is 8.39. The first-order chi connectivity index (χ1) is 8.83. The molecule has 0 saturated carbocycles. The zero-order valence-electron chi connectivity index (χ0n) is 9.89. The van der Waals surface area contributed by atoms with Crippen LogP contribution >= 0.6 is 23.5 Å². The summed E-state index contributed by atoms with van der Waals surface area (Å²) in [6.45, 7) is 0.890. The molecule has 3 rings (SSSR count). The van der Waals surface area contributed by atoms with Crippen molar-refractivity contribution in [1.82, 2.24) is 0 Å². The number of thioether (sulfide) groups is 2. The minimum Gasteiger partial charge on any atom is -0.325 e. The molecule has 0 radical (unpaired) electrons. The second-order valence-electron chi connectivity index (χ2n) is 4.29. The Kier molecular flexibility index (Phi) is 3.61. The summed E-state index contributed by atoms with van der Waals surface area (Å²) in [5.41, 5.74) is 2.20. The summed E-state index contributed by atoms with van der Waals surface area (Å²) >= 11 is 3.38. The third-order valence-corrected chi connectivity index (χ3v) is 5.51. The first-order valence-corrected chi connectivity index (χ1v) is 7.92. The molecule has 18 heavy (non-hydrogen) atoms. The average molecular weight is 278 g/mol. The van der Waals surface area contributed by atoms with Gasteiger partial charge in [0.05, 0.1) is 11.8 Å². The molecule has 2 heterocycles. The van der Waals surface area contributed by atoms with Crippen LogP contribution in [0.15, 0.2) is 29.3 Å². The van der Waals surface area contributed by atoms with Crippen LogP contribution in [-0.4, -0.2) is 27.8 Å². The maximum atomic E-state index is 12.2. The number of nitrogens with zero attached hydrogens (tertiary/aromatic N) is 1. The number of hydrogen-bond donors (Lipinski definition) is 1. The molecule has 1 atom stereocenters. The van der Waals surface area contributed by atoms with Gasteiger partial charge in [-0.05, 0) is 24.5 Å². The maximum Gasteiger partial charge on any atom is 0.237 e. The molecule has 3 nitrogen and oxygen atoms in total. The Morgan fingerprint density at radius 1 is 1.39 bits per heavy atom. The van der Waals surface area contributed by atoms with Gasteiger partial charge >= 0.3 is 0 Å². The van der Waals surface area contributed by atoms with E-state index in [2.05, 4.69) is 16.4 Å². The molecule has 0 fully saturated rings. The minimum atomic E-state index is -0.0123. The van der Waals surface area contributed by atoms with E-state index in [1.165, 1.54) is 5.56 Å². The number of para-hydroxylation sites is 1. The van der Waals surface area contributed by atoms with Gasteiger partial charge in [0.2, 0.25) is 5.91 Å². The lowest BCUT2D eigenvalue weighted by molar-refractivity contribution is -0.115. The number of aryl methyl sites for hydroxylation is 1. The molecular formula is C13H14N2OS2. The van der Waals surface area contributed by atoms with Gasteiger partial charge in [-0.25, -0.2) is 0 Å². The Balaban J connectivity index is 1.74. The van der Waals surface area contributed by atoms with Crippen molar-refractivity contribution in [2.75, 3.05) is 17.6 Å². The molecule has 0 bridgehead atoms. The molecule has 1 amide bonds. The molecule has 0 aliphatic carbocycles. The van der Waals surface area contributed by atoms with Crippen LogP contribution < -0.4 is 5.32 Å². The molecule has 0 spiro atoms. The molecule has 1 unspecified atom stereocenters. The van der Waals surface area contributed by atoms with E-state index >= 15 is 0 Å². The van der Waals surface area contributed by atoms with Gasteiger partial charge in [-0.2, -0.15) is 0 Å². The van der Waals surface area contributed by atoms with Crippen molar-refractivity contribution >= 4 is 39.5 Å². The van der Waals surface area contributed by atoms with Crippen molar-refractivity contribution in [1.29, 1.82) is 0 Å². The van der Waals surface area contributed by atoms with Crippen molar-refractivity contribution in [2.24, 2.45) is 4.99 Å². The number of aliphatic imine (C=N–C) groups is 1. The fraction of sp³-hybridized carbons (Fsp3) is 0.385. The summed E-state index contributed by atoms with van der Waals surface area (Å²) in [5.74, 6) is 1.16. The molecule has 0 aromatic heterocycles. The van der Waals surface area contributed by atoms with Gasteiger partial charge < -0.3 is 5.32 Å². The molecule has 0 saturated heterocycles. The zero-order chi connectivity index (χ0) is 12.4. The van der Waals surface area contributed by atoms with Crippen LogP contribution in [0.25, 0.3) is 0 Å². The SMILES string of the molecule is O=C1Nc2ccccc2CCC1SC1=NCCS1. The van der Waals surface area contributed by atoms with Crippen LogP contribution in [0.1, 0.15) is 12.0 Å². The Morgan fingerprint density at radius 3 is 3.11 bits per heavy atom. The lowest BCUT2D eigenvalue weighted by Gasteiger charge is -2.11. The molecule has 2 aliphatic rings. The fourth-order valence-corrected chi connectivity index (χ4v) is 4.33. The number of carbonyl (C=O) groups is 1. The zero-order valence-corrected chi connectivity index (χ0v) is 11.5. The van der Waals surface area contributed by atoms with Crippen LogP contribution in [0.5, 0.6) is 0 Å². The lowest BCUT2D eigenvalue weighted by Crippen LogP contribution is -2.24. The summed E-state index contributed by atoms with van der Waals surface area (Å²) in [4.78, 5) is 16.6. The van der Waals surface area contributed by atoms with Crippen molar-refractivity contribution < 1.29 is 4.79 Å². The molecule has 1 N–H and O–H groups in total. The number of nitrogens with one attached hydrogen (secondary N) is 1. The van der Waals surface area contributed by atoms with Gasteiger partial charge in [0.25, 0.3) is 0 Å². The molecule has 2 aliphatic heterocycles. The number of carbonyl (C=O) groups excluding carboxylic acids is 1. The highest BCUT2D eigenvalue weighted by Gasteiger charge is 2.26. The van der Waals surface area contributed by atoms with Crippen LogP contribution in [0, 0.1) is 0 Å². The van der Waals surface area contributed by atoms with E-state index in [0.717, 1.165) is 35.2 Å². The minimum absolute atomic E-state index is 0.0123. The van der Waals surface area contributed by atoms with E-state index in [1.807, 2.05) is 18.2 Å². The first-order valence-electron chi connectivity index (χ1n) is 6.05. The average Bonchev–Trinajstić information content (AvgIpc) is 2.83. The van der Waals surface area contributed by atoms with Gasteiger partial charge in [-0.1, -0.05) is 41.7 Å². The summed E-state index contributed by atoms with van der Waals surface area (Å²) in [6.07, 6.45) is 1.83. The quantitative estimate of drug-likeness (QED) is 0.859. The predicted molar refractivity (Wildman–Crippen MR) is 79.5 cm³/mol. The number of amides is 1. The number of rotatable bonds is 1. The monoisotopic (exact) mass is 278 g/mol. The van der Waals surface area contributed by atoms with Gasteiger partial charge in [0.1, 0.15) is 4.38 Å². The third-order valence-electron chi connectivity index (χ3n) is 3.04. The van der Waals surface area contributed by atoms with Gasteiger partial charge in [-0.3, -0.25) is 9.79 Å². The van der Waals surface area contributed by atoms with Gasteiger partial charge in [0.15, 0.2) is 0 Å². The smallest absolute Gasteiger partial charge is 0.237 e. The van der Waals surface area contributed by atoms with E-state index in [4.69, 9.17) is 0 Å². The molecule has 5 heteroatoms. The van der Waals surface area contributed by atoms with Crippen LogP contribution in [0.3, 0.4) is 0 Å². The summed E-state index contributed by atoms with van der Waals surface area (Å²) in [5, 5.41) is 3.01. The van der Waals surface area contributed by atoms with E-state index < -0.39 is 0 Å². The predicted octanol–water partition coefficient (Wildman–Crippen LogP) is 2.78. The largest absolute Gasteiger partial charge is 0.325 e. The molecular weight excluding hydrogens is 264 g/mol. The van der Waals surface area contributed by atoms with Crippen molar-refractivity contribution in [3.63, 3.8) is 0 Å². The van der Waals surface area contributed by atoms with Crippen LogP contribution in [0.4, 0.5) is 5.69 Å². The van der Waals surface area contributed by atoms with E-state index in [-0.39, 0.29) is 11.2 Å². The second kappa shape index (κ2) is 5.36. The Labute approximate surface area is 115 Å². The number of hydrogen-bond acceptors (Lipinski definition) is 4. The second-order valence-corrected chi connectivity index (χ2v) is 6.82. The number of benzene rings is 1. The standard InChI is InChI=1S/C13H14N2OS2/c16-12-11(18-13-14-7-8-17-13)6-5-9-3-1-2-4-10(9)15-12/h1-4,11H,5-8H2,(H,15,16). The first kappa shape index (κ1) is 12.1. The molecule has 1 aromatic carbocycles. The number of anilines is 1. The molecule has 1 aromatic rings. The Hall–Kier alpha value is -0.940. The third kappa shape index (κ3) is 2.57. The maximum absolute atomic E-state index is 12.2. The highest BCUT2D eigenvalue weighted by Crippen LogP contribution is 2.32. The summed E-state index contributed by atoms with van der Waals surface area (Å²) in [6, 6.07) is 8.05. The van der Waals surface area contributed by atoms with Gasteiger partial charge in [0, 0.05) is 11.4 Å². The van der Waals surface area contributed by atoms with Crippen LogP contribution in [-0.2, 0) is 11.2 Å². The van der Waals surface area contributed by atoms with E-state index in [0.29, 0.717) is 0 Å². The summed E-state index contributed by atoms with van der Waals surface area (Å²) in [7, 11) is 0. The normalized spacial score (nSPS) is 23.0. The topological polar surface area (TPSA) is 41.5 Å². The lowest BCUT2D eigenvalue weighted by atomic mass is 10.1. The number of fused-ring (bicyclic) bond motifs is 1. The highest BCUT2D eigenvalue weighted by atomic mass is 32.2. The van der Waals surface area contributed by atoms with E-state index in [9.17, 15) is 4.79 Å². The summed E-state index contributed by atoms with van der Waals surface area (Å²) < 4.78 is 1.07.